The zero-order valence-corrected chi connectivity index (χ0v) is 13.6. The van der Waals surface area contributed by atoms with E-state index in [1.807, 2.05) is 36.4 Å². The molecular formula is C20H16O6. The standard InChI is InChI=1S/C20H16O6/c21-14-7-8-16(23)20-18(10-9-15(22)19(14,20)26-20)24-12-5-1-3-11-4-2-6-13(25-18)17(11)12/h1-10,14-16,21-23H/t14-,15+,16+,19+,20-/m1/s1. The van der Waals surface area contributed by atoms with Gasteiger partial charge in [-0.25, -0.2) is 0 Å². The number of aliphatic hydroxyl groups excluding tert-OH is 3. The fourth-order valence-electron chi connectivity index (χ4n) is 4.80. The Morgan fingerprint density at radius 2 is 1.38 bits per heavy atom. The maximum absolute atomic E-state index is 10.8. The lowest BCUT2D eigenvalue weighted by Crippen LogP contribution is -2.69. The number of hydrogen-bond donors (Lipinski definition) is 3. The number of ether oxygens (including phenoxy) is 3. The number of benzene rings is 2. The summed E-state index contributed by atoms with van der Waals surface area (Å²) in [4.78, 5) is 0. The first-order valence-electron chi connectivity index (χ1n) is 8.56. The van der Waals surface area contributed by atoms with Crippen LogP contribution in [0.25, 0.3) is 10.8 Å². The molecule has 0 bridgehead atoms. The molecule has 2 heterocycles. The predicted octanol–water partition coefficient (Wildman–Crippen LogP) is 1.04. The summed E-state index contributed by atoms with van der Waals surface area (Å²) < 4.78 is 18.4. The minimum absolute atomic E-state index is 0.598. The van der Waals surface area contributed by atoms with Crippen LogP contribution in [0.15, 0.2) is 60.7 Å². The number of hydrogen-bond acceptors (Lipinski definition) is 6. The van der Waals surface area contributed by atoms with Crippen molar-refractivity contribution in [2.24, 2.45) is 0 Å². The topological polar surface area (TPSA) is 91.7 Å². The molecule has 2 aliphatic carbocycles. The van der Waals surface area contributed by atoms with Crippen molar-refractivity contribution in [3.8, 4) is 11.5 Å². The normalized spacial score (nSPS) is 40.5. The minimum Gasteiger partial charge on any atom is -0.445 e. The van der Waals surface area contributed by atoms with Crippen molar-refractivity contribution in [1.29, 1.82) is 0 Å². The molecule has 2 aromatic rings. The average Bonchev–Trinajstić information content (AvgIpc) is 3.39. The zero-order valence-electron chi connectivity index (χ0n) is 13.6. The van der Waals surface area contributed by atoms with Gasteiger partial charge in [-0.05, 0) is 23.6 Å². The Labute approximate surface area is 148 Å². The van der Waals surface area contributed by atoms with E-state index in [-0.39, 0.29) is 0 Å². The zero-order chi connectivity index (χ0) is 17.7. The molecule has 0 saturated carbocycles. The molecule has 4 aliphatic rings. The van der Waals surface area contributed by atoms with Crippen LogP contribution >= 0.6 is 0 Å². The van der Waals surface area contributed by atoms with Crippen LogP contribution in [0, 0.1) is 0 Å². The lowest BCUT2D eigenvalue weighted by atomic mass is 9.68. The maximum atomic E-state index is 10.8. The van der Waals surface area contributed by atoms with E-state index in [2.05, 4.69) is 0 Å². The van der Waals surface area contributed by atoms with Crippen LogP contribution in [-0.2, 0) is 4.74 Å². The quantitative estimate of drug-likeness (QED) is 0.485. The van der Waals surface area contributed by atoms with E-state index in [0.717, 1.165) is 10.8 Å². The highest BCUT2D eigenvalue weighted by atomic mass is 16.8. The van der Waals surface area contributed by atoms with E-state index in [1.165, 1.54) is 18.2 Å². The van der Waals surface area contributed by atoms with E-state index in [0.29, 0.717) is 11.5 Å². The number of rotatable bonds is 0. The van der Waals surface area contributed by atoms with Gasteiger partial charge in [0.15, 0.2) is 5.60 Å². The van der Waals surface area contributed by atoms with Crippen LogP contribution in [0.4, 0.5) is 0 Å². The maximum Gasteiger partial charge on any atom is 0.306 e. The second kappa shape index (κ2) is 4.29. The largest absolute Gasteiger partial charge is 0.445 e. The van der Waals surface area contributed by atoms with Gasteiger partial charge in [0, 0.05) is 6.08 Å². The summed E-state index contributed by atoms with van der Waals surface area (Å²) in [5.41, 5.74) is -2.85. The van der Waals surface area contributed by atoms with Gasteiger partial charge < -0.3 is 29.5 Å². The molecular weight excluding hydrogens is 336 g/mol. The molecule has 1 fully saturated rings. The molecule has 132 valence electrons. The molecule has 5 atom stereocenters. The van der Waals surface area contributed by atoms with Crippen LogP contribution in [-0.4, -0.2) is 50.6 Å². The summed E-state index contributed by atoms with van der Waals surface area (Å²) in [7, 11) is 0. The first-order chi connectivity index (χ1) is 12.5. The van der Waals surface area contributed by atoms with Gasteiger partial charge in [-0.2, -0.15) is 0 Å². The molecule has 2 aliphatic heterocycles. The summed E-state index contributed by atoms with van der Waals surface area (Å²) in [6.07, 6.45) is 2.66. The van der Waals surface area contributed by atoms with Crippen molar-refractivity contribution >= 4 is 10.8 Å². The van der Waals surface area contributed by atoms with Gasteiger partial charge in [-0.15, -0.1) is 0 Å². The summed E-state index contributed by atoms with van der Waals surface area (Å²) in [6, 6.07) is 11.4. The van der Waals surface area contributed by atoms with Crippen molar-refractivity contribution < 1.29 is 29.5 Å². The van der Waals surface area contributed by atoms with E-state index in [9.17, 15) is 15.3 Å². The van der Waals surface area contributed by atoms with E-state index in [4.69, 9.17) is 14.2 Å². The molecule has 26 heavy (non-hydrogen) atoms. The molecule has 2 aromatic carbocycles. The van der Waals surface area contributed by atoms with Crippen molar-refractivity contribution in [2.75, 3.05) is 0 Å². The molecule has 3 N–H and O–H groups in total. The summed E-state index contributed by atoms with van der Waals surface area (Å²) in [6.45, 7) is 0. The monoisotopic (exact) mass is 352 g/mol. The smallest absolute Gasteiger partial charge is 0.306 e. The van der Waals surface area contributed by atoms with Crippen LogP contribution < -0.4 is 9.47 Å². The van der Waals surface area contributed by atoms with Gasteiger partial charge in [0.25, 0.3) is 0 Å². The van der Waals surface area contributed by atoms with Crippen LogP contribution in [0.5, 0.6) is 11.5 Å². The fourth-order valence-corrected chi connectivity index (χ4v) is 4.80. The van der Waals surface area contributed by atoms with E-state index >= 15 is 0 Å². The SMILES string of the molecule is O[C@@H]1C=C[C@H](O)[C@]23O[C@]12[C@@H](O)C=CC31Oc2cccc3cccc(c23)O1. The van der Waals surface area contributed by atoms with Crippen LogP contribution in [0.1, 0.15) is 0 Å². The molecule has 1 spiro atoms. The Bertz CT molecular complexity index is 972. The summed E-state index contributed by atoms with van der Waals surface area (Å²) >= 11 is 0. The van der Waals surface area contributed by atoms with Gasteiger partial charge in [0.05, 0.1) is 5.39 Å². The van der Waals surface area contributed by atoms with E-state index in [1.54, 1.807) is 6.08 Å². The van der Waals surface area contributed by atoms with Gasteiger partial charge in [-0.3, -0.25) is 0 Å². The molecule has 0 radical (unpaired) electrons. The first-order valence-corrected chi connectivity index (χ1v) is 8.56. The summed E-state index contributed by atoms with van der Waals surface area (Å²) in [5, 5.41) is 33.6. The average molecular weight is 352 g/mol. The highest BCUT2D eigenvalue weighted by Crippen LogP contribution is 2.67. The van der Waals surface area contributed by atoms with E-state index < -0.39 is 35.3 Å². The first kappa shape index (κ1) is 14.8. The predicted molar refractivity (Wildman–Crippen MR) is 90.8 cm³/mol. The van der Waals surface area contributed by atoms with Crippen LogP contribution in [0.3, 0.4) is 0 Å². The third kappa shape index (κ3) is 1.35. The van der Waals surface area contributed by atoms with Gasteiger partial charge >= 0.3 is 5.79 Å². The molecule has 6 nitrogen and oxygen atoms in total. The van der Waals surface area contributed by atoms with Crippen molar-refractivity contribution in [2.45, 2.75) is 35.3 Å². The molecule has 0 aromatic heterocycles. The van der Waals surface area contributed by atoms with Gasteiger partial charge in [-0.1, -0.05) is 36.4 Å². The Balaban J connectivity index is 1.60. The van der Waals surface area contributed by atoms with Crippen molar-refractivity contribution in [3.63, 3.8) is 0 Å². The van der Waals surface area contributed by atoms with Gasteiger partial charge in [0.1, 0.15) is 29.8 Å². The molecule has 0 amide bonds. The lowest BCUT2D eigenvalue weighted by Gasteiger charge is -2.46. The second-order valence-electron chi connectivity index (χ2n) is 7.19. The fraction of sp³-hybridized carbons (Fsp3) is 0.300. The summed E-state index contributed by atoms with van der Waals surface area (Å²) in [5.74, 6) is -0.305. The molecule has 1 saturated heterocycles. The van der Waals surface area contributed by atoms with Crippen molar-refractivity contribution in [3.05, 3.63) is 60.7 Å². The molecule has 6 rings (SSSR count). The molecule has 0 unspecified atom stereocenters. The Morgan fingerprint density at radius 3 is 2.08 bits per heavy atom. The number of aliphatic hydroxyl groups is 3. The minimum atomic E-state index is -1.50. The van der Waals surface area contributed by atoms with Crippen molar-refractivity contribution in [1.82, 2.24) is 0 Å². The highest BCUT2D eigenvalue weighted by Gasteiger charge is 2.91. The number of epoxide rings is 1. The highest BCUT2D eigenvalue weighted by molar-refractivity contribution is 5.94. The molecule has 6 heteroatoms. The van der Waals surface area contributed by atoms with Crippen LogP contribution in [0.2, 0.25) is 0 Å². The second-order valence-corrected chi connectivity index (χ2v) is 7.19. The Morgan fingerprint density at radius 1 is 0.769 bits per heavy atom. The lowest BCUT2D eigenvalue weighted by molar-refractivity contribution is -0.162. The third-order valence-corrected chi connectivity index (χ3v) is 6.01. The third-order valence-electron chi connectivity index (χ3n) is 6.01. The van der Waals surface area contributed by atoms with Gasteiger partial charge in [0.2, 0.25) is 5.60 Å². The Hall–Kier alpha value is -2.38. The Kier molecular flexibility index (Phi) is 2.44.